The second-order valence-electron chi connectivity index (χ2n) is 5.53. The molecule has 1 saturated heterocycles. The van der Waals surface area contributed by atoms with Gasteiger partial charge in [-0.2, -0.15) is 17.6 Å². The standard InChI is InChI=1S/C14H13F4N3O2/c15-13(16)6-21(7-14(13,17)18)12(23)20-10-3-1-2-9-8(10)4-5-19-11(9)22/h1-3H,4-7H2,(H,19,22)(H,20,23). The molecule has 5 nitrogen and oxygen atoms in total. The zero-order valence-corrected chi connectivity index (χ0v) is 11.8. The normalized spacial score (nSPS) is 21.6. The zero-order valence-electron chi connectivity index (χ0n) is 11.8. The Morgan fingerprint density at radius 3 is 2.48 bits per heavy atom. The third kappa shape index (κ3) is 2.60. The molecule has 0 bridgehead atoms. The molecular weight excluding hydrogens is 318 g/mol. The summed E-state index contributed by atoms with van der Waals surface area (Å²) in [5, 5.41) is 4.98. The number of carbonyl (C=O) groups excluding carboxylic acids is 2. The topological polar surface area (TPSA) is 61.4 Å². The minimum atomic E-state index is -4.25. The van der Waals surface area contributed by atoms with E-state index in [1.807, 2.05) is 0 Å². The Morgan fingerprint density at radius 1 is 1.17 bits per heavy atom. The summed E-state index contributed by atoms with van der Waals surface area (Å²) < 4.78 is 52.7. The van der Waals surface area contributed by atoms with E-state index < -0.39 is 31.0 Å². The smallest absolute Gasteiger partial charge is 0.329 e. The SMILES string of the molecule is O=C1NCCc2c(NC(=O)N3CC(F)(F)C(F)(F)C3)cccc21. The van der Waals surface area contributed by atoms with Gasteiger partial charge in [0.05, 0.1) is 13.1 Å². The summed E-state index contributed by atoms with van der Waals surface area (Å²) >= 11 is 0. The van der Waals surface area contributed by atoms with Crippen LogP contribution in [0.4, 0.5) is 28.0 Å². The highest BCUT2D eigenvalue weighted by Gasteiger charge is 2.63. The number of carbonyl (C=O) groups is 2. The molecule has 0 aromatic heterocycles. The van der Waals surface area contributed by atoms with Gasteiger partial charge in [0.25, 0.3) is 5.91 Å². The third-order valence-electron chi connectivity index (χ3n) is 3.92. The molecule has 0 saturated carbocycles. The molecule has 9 heteroatoms. The molecule has 23 heavy (non-hydrogen) atoms. The van der Waals surface area contributed by atoms with Crippen molar-refractivity contribution < 1.29 is 27.2 Å². The molecular formula is C14H13F4N3O2. The van der Waals surface area contributed by atoms with Gasteiger partial charge in [-0.3, -0.25) is 4.79 Å². The van der Waals surface area contributed by atoms with Crippen molar-refractivity contribution in [3.05, 3.63) is 29.3 Å². The van der Waals surface area contributed by atoms with Crippen LogP contribution in [0, 0.1) is 0 Å². The highest BCUT2D eigenvalue weighted by molar-refractivity contribution is 6.00. The summed E-state index contributed by atoms with van der Waals surface area (Å²) in [7, 11) is 0. The van der Waals surface area contributed by atoms with Gasteiger partial charge in [-0.15, -0.1) is 0 Å². The molecule has 0 atom stereocenters. The first-order valence-corrected chi connectivity index (χ1v) is 6.93. The Balaban J connectivity index is 1.80. The summed E-state index contributed by atoms with van der Waals surface area (Å²) in [5.41, 5.74) is 1.19. The number of anilines is 1. The number of hydrogen-bond donors (Lipinski definition) is 2. The fraction of sp³-hybridized carbons (Fsp3) is 0.429. The lowest BCUT2D eigenvalue weighted by atomic mass is 9.98. The first-order chi connectivity index (χ1) is 10.7. The quantitative estimate of drug-likeness (QED) is 0.774. The molecule has 3 amide bonds. The molecule has 2 aliphatic heterocycles. The largest absolute Gasteiger partial charge is 0.352 e. The first-order valence-electron chi connectivity index (χ1n) is 6.93. The Hall–Kier alpha value is -2.32. The summed E-state index contributed by atoms with van der Waals surface area (Å²) in [6.07, 6.45) is 0.448. The number of fused-ring (bicyclic) bond motifs is 1. The van der Waals surface area contributed by atoms with E-state index in [0.29, 0.717) is 29.0 Å². The van der Waals surface area contributed by atoms with Gasteiger partial charge in [-0.25, -0.2) is 4.79 Å². The lowest BCUT2D eigenvalue weighted by molar-refractivity contribution is -0.172. The van der Waals surface area contributed by atoms with Crippen LogP contribution in [-0.2, 0) is 6.42 Å². The number of nitrogens with zero attached hydrogens (tertiary/aromatic N) is 1. The predicted octanol–water partition coefficient (Wildman–Crippen LogP) is 2.09. The number of alkyl halides is 4. The maximum atomic E-state index is 13.2. The van der Waals surface area contributed by atoms with Gasteiger partial charge in [-0.05, 0) is 24.1 Å². The van der Waals surface area contributed by atoms with E-state index in [4.69, 9.17) is 0 Å². The number of nitrogens with one attached hydrogen (secondary N) is 2. The van der Waals surface area contributed by atoms with Crippen LogP contribution in [0.1, 0.15) is 15.9 Å². The van der Waals surface area contributed by atoms with Gasteiger partial charge in [0.2, 0.25) is 0 Å². The van der Waals surface area contributed by atoms with Crippen LogP contribution >= 0.6 is 0 Å². The molecule has 1 fully saturated rings. The van der Waals surface area contributed by atoms with Crippen LogP contribution in [0.2, 0.25) is 0 Å². The number of urea groups is 1. The van der Waals surface area contributed by atoms with Gasteiger partial charge in [0, 0.05) is 17.8 Å². The van der Waals surface area contributed by atoms with Crippen LogP contribution in [0.3, 0.4) is 0 Å². The van der Waals surface area contributed by atoms with E-state index in [1.165, 1.54) is 12.1 Å². The molecule has 0 radical (unpaired) electrons. The van der Waals surface area contributed by atoms with Gasteiger partial charge >= 0.3 is 17.9 Å². The van der Waals surface area contributed by atoms with E-state index in [-0.39, 0.29) is 11.6 Å². The molecule has 0 unspecified atom stereocenters. The Kier molecular flexibility index (Phi) is 3.46. The number of hydrogen-bond acceptors (Lipinski definition) is 2. The Bertz CT molecular complexity index is 662. The number of halogens is 4. The molecule has 124 valence electrons. The van der Waals surface area contributed by atoms with Crippen molar-refractivity contribution >= 4 is 17.6 Å². The minimum absolute atomic E-state index is 0.265. The summed E-state index contributed by atoms with van der Waals surface area (Å²) in [6.45, 7) is -2.32. The Morgan fingerprint density at radius 2 is 1.83 bits per heavy atom. The molecule has 3 rings (SSSR count). The second-order valence-corrected chi connectivity index (χ2v) is 5.53. The number of amides is 3. The van der Waals surface area contributed by atoms with E-state index in [2.05, 4.69) is 10.6 Å². The summed E-state index contributed by atoms with van der Waals surface area (Å²) in [5.74, 6) is -8.80. The lowest BCUT2D eigenvalue weighted by Gasteiger charge is -2.22. The highest BCUT2D eigenvalue weighted by atomic mass is 19.3. The molecule has 2 N–H and O–H groups in total. The van der Waals surface area contributed by atoms with E-state index >= 15 is 0 Å². The molecule has 2 aliphatic rings. The zero-order chi connectivity index (χ0) is 16.8. The molecule has 1 aromatic rings. The molecule has 2 heterocycles. The van der Waals surface area contributed by atoms with E-state index in [0.717, 1.165) is 0 Å². The van der Waals surface area contributed by atoms with Crippen molar-refractivity contribution in [2.24, 2.45) is 0 Å². The monoisotopic (exact) mass is 331 g/mol. The van der Waals surface area contributed by atoms with Crippen LogP contribution in [0.15, 0.2) is 18.2 Å². The lowest BCUT2D eigenvalue weighted by Crippen LogP contribution is -2.38. The van der Waals surface area contributed by atoms with E-state index in [1.54, 1.807) is 6.07 Å². The first kappa shape index (κ1) is 15.6. The van der Waals surface area contributed by atoms with Crippen LogP contribution < -0.4 is 10.6 Å². The van der Waals surface area contributed by atoms with Crippen molar-refractivity contribution in [3.8, 4) is 0 Å². The third-order valence-corrected chi connectivity index (χ3v) is 3.92. The fourth-order valence-corrected chi connectivity index (χ4v) is 2.69. The van der Waals surface area contributed by atoms with Crippen molar-refractivity contribution in [1.29, 1.82) is 0 Å². The number of likely N-dealkylation sites (tertiary alicyclic amines) is 1. The molecule has 1 aromatic carbocycles. The van der Waals surface area contributed by atoms with Crippen LogP contribution in [0.5, 0.6) is 0 Å². The van der Waals surface area contributed by atoms with Gasteiger partial charge in [-0.1, -0.05) is 6.07 Å². The van der Waals surface area contributed by atoms with Crippen molar-refractivity contribution in [1.82, 2.24) is 10.2 Å². The molecule has 0 aliphatic carbocycles. The highest BCUT2D eigenvalue weighted by Crippen LogP contribution is 2.41. The van der Waals surface area contributed by atoms with Crippen LogP contribution in [-0.4, -0.2) is 48.3 Å². The van der Waals surface area contributed by atoms with Crippen LogP contribution in [0.25, 0.3) is 0 Å². The van der Waals surface area contributed by atoms with E-state index in [9.17, 15) is 27.2 Å². The van der Waals surface area contributed by atoms with Gasteiger partial charge < -0.3 is 15.5 Å². The number of benzene rings is 1. The average Bonchev–Trinajstić information content (AvgIpc) is 2.69. The average molecular weight is 331 g/mol. The molecule has 0 spiro atoms. The van der Waals surface area contributed by atoms with Crippen molar-refractivity contribution in [2.45, 2.75) is 18.3 Å². The van der Waals surface area contributed by atoms with Crippen molar-refractivity contribution in [3.63, 3.8) is 0 Å². The minimum Gasteiger partial charge on any atom is -0.352 e. The van der Waals surface area contributed by atoms with Gasteiger partial charge in [0.1, 0.15) is 0 Å². The number of rotatable bonds is 1. The summed E-state index contributed by atoms with van der Waals surface area (Å²) in [6, 6.07) is 3.55. The summed E-state index contributed by atoms with van der Waals surface area (Å²) in [4.78, 5) is 24.1. The maximum Gasteiger partial charge on any atom is 0.329 e. The maximum absolute atomic E-state index is 13.2. The Labute approximate surface area is 128 Å². The fourth-order valence-electron chi connectivity index (χ4n) is 2.69. The van der Waals surface area contributed by atoms with Gasteiger partial charge in [0.15, 0.2) is 0 Å². The predicted molar refractivity (Wildman–Crippen MR) is 73.0 cm³/mol. The second kappa shape index (κ2) is 5.10. The van der Waals surface area contributed by atoms with Crippen molar-refractivity contribution in [2.75, 3.05) is 25.0 Å².